The van der Waals surface area contributed by atoms with E-state index < -0.39 is 0 Å². The van der Waals surface area contributed by atoms with E-state index in [4.69, 9.17) is 9.84 Å². The highest BCUT2D eigenvalue weighted by Gasteiger charge is 2.28. The van der Waals surface area contributed by atoms with Gasteiger partial charge in [0.25, 0.3) is 0 Å². The second-order valence-corrected chi connectivity index (χ2v) is 4.10. The molecule has 2 heterocycles. The van der Waals surface area contributed by atoms with Gasteiger partial charge in [-0.05, 0) is 12.8 Å². The number of nitrogens with zero attached hydrogens (tertiary/aromatic N) is 2. The fraction of sp³-hybridized carbons (Fsp3) is 0.900. The van der Waals surface area contributed by atoms with Crippen LogP contribution in [0.2, 0.25) is 0 Å². The van der Waals surface area contributed by atoms with E-state index in [9.17, 15) is 4.79 Å². The number of amides is 2. The standard InChI is InChI=1S/C10H18N2O3/c13-8-9-7-12(5-6-15-9)10(14)11-3-1-2-4-11/h9,13H,1-8H2. The highest BCUT2D eigenvalue weighted by molar-refractivity contribution is 5.74. The van der Waals surface area contributed by atoms with Crippen LogP contribution in [0.4, 0.5) is 4.79 Å². The number of aliphatic hydroxyl groups is 1. The summed E-state index contributed by atoms with van der Waals surface area (Å²) in [6.07, 6.45) is 2.02. The zero-order valence-corrected chi connectivity index (χ0v) is 8.89. The lowest BCUT2D eigenvalue weighted by Gasteiger charge is -2.34. The maximum atomic E-state index is 12.0. The van der Waals surface area contributed by atoms with Crippen LogP contribution >= 0.6 is 0 Å². The van der Waals surface area contributed by atoms with Gasteiger partial charge in [0.2, 0.25) is 0 Å². The first kappa shape index (κ1) is 10.7. The number of ether oxygens (including phenoxy) is 1. The van der Waals surface area contributed by atoms with Gasteiger partial charge in [0.15, 0.2) is 0 Å². The quantitative estimate of drug-likeness (QED) is 0.663. The maximum absolute atomic E-state index is 12.0. The normalized spacial score (nSPS) is 27.1. The van der Waals surface area contributed by atoms with Crippen molar-refractivity contribution in [1.82, 2.24) is 9.80 Å². The molecule has 0 spiro atoms. The first-order valence-electron chi connectivity index (χ1n) is 5.57. The monoisotopic (exact) mass is 214 g/mol. The summed E-state index contributed by atoms with van der Waals surface area (Å²) < 4.78 is 5.31. The zero-order chi connectivity index (χ0) is 10.7. The largest absolute Gasteiger partial charge is 0.394 e. The van der Waals surface area contributed by atoms with Crippen molar-refractivity contribution >= 4 is 6.03 Å². The molecule has 2 amide bonds. The smallest absolute Gasteiger partial charge is 0.320 e. The summed E-state index contributed by atoms with van der Waals surface area (Å²) in [4.78, 5) is 15.7. The number of hydrogen-bond donors (Lipinski definition) is 1. The Balaban J connectivity index is 1.88. The lowest BCUT2D eigenvalue weighted by Crippen LogP contribution is -2.51. The topological polar surface area (TPSA) is 53.0 Å². The Bertz CT molecular complexity index is 229. The van der Waals surface area contributed by atoms with E-state index in [2.05, 4.69) is 0 Å². The molecule has 0 aromatic rings. The molecule has 0 saturated carbocycles. The molecule has 15 heavy (non-hydrogen) atoms. The van der Waals surface area contributed by atoms with Crippen molar-refractivity contribution in [2.75, 3.05) is 39.4 Å². The Morgan fingerprint density at radius 3 is 2.67 bits per heavy atom. The van der Waals surface area contributed by atoms with Gasteiger partial charge < -0.3 is 19.6 Å². The van der Waals surface area contributed by atoms with Gasteiger partial charge in [-0.15, -0.1) is 0 Å². The number of rotatable bonds is 1. The molecule has 5 nitrogen and oxygen atoms in total. The van der Waals surface area contributed by atoms with Crippen LogP contribution in [0.3, 0.4) is 0 Å². The van der Waals surface area contributed by atoms with Crippen LogP contribution in [-0.4, -0.2) is 66.4 Å². The number of morpholine rings is 1. The number of urea groups is 1. The van der Waals surface area contributed by atoms with Crippen LogP contribution in [-0.2, 0) is 4.74 Å². The average molecular weight is 214 g/mol. The summed E-state index contributed by atoms with van der Waals surface area (Å²) in [7, 11) is 0. The minimum Gasteiger partial charge on any atom is -0.394 e. The van der Waals surface area contributed by atoms with Crippen molar-refractivity contribution in [3.63, 3.8) is 0 Å². The Kier molecular flexibility index (Phi) is 3.43. The molecule has 0 aliphatic carbocycles. The number of aliphatic hydroxyl groups excluding tert-OH is 1. The van der Waals surface area contributed by atoms with Gasteiger partial charge in [0, 0.05) is 19.6 Å². The molecule has 1 atom stereocenters. The van der Waals surface area contributed by atoms with Gasteiger partial charge in [-0.3, -0.25) is 0 Å². The van der Waals surface area contributed by atoms with Crippen LogP contribution in [0.5, 0.6) is 0 Å². The van der Waals surface area contributed by atoms with Crippen LogP contribution in [0, 0.1) is 0 Å². The van der Waals surface area contributed by atoms with Crippen molar-refractivity contribution in [2.45, 2.75) is 18.9 Å². The Hall–Kier alpha value is -0.810. The second kappa shape index (κ2) is 4.81. The Labute approximate surface area is 89.6 Å². The molecule has 2 rings (SSSR count). The summed E-state index contributed by atoms with van der Waals surface area (Å²) in [5, 5.41) is 8.98. The van der Waals surface area contributed by atoms with E-state index in [0.29, 0.717) is 19.7 Å². The van der Waals surface area contributed by atoms with Gasteiger partial charge in [0.05, 0.1) is 25.9 Å². The minimum atomic E-state index is -0.203. The second-order valence-electron chi connectivity index (χ2n) is 4.10. The van der Waals surface area contributed by atoms with Crippen molar-refractivity contribution < 1.29 is 14.6 Å². The molecule has 5 heteroatoms. The molecule has 86 valence electrons. The van der Waals surface area contributed by atoms with E-state index in [1.165, 1.54) is 0 Å². The van der Waals surface area contributed by atoms with Crippen LogP contribution in [0.25, 0.3) is 0 Å². The molecule has 1 N–H and O–H groups in total. The molecule has 2 saturated heterocycles. The van der Waals surface area contributed by atoms with Crippen molar-refractivity contribution in [3.05, 3.63) is 0 Å². The summed E-state index contributed by atoms with van der Waals surface area (Å²) in [5.74, 6) is 0. The zero-order valence-electron chi connectivity index (χ0n) is 8.89. The van der Waals surface area contributed by atoms with Gasteiger partial charge in [-0.2, -0.15) is 0 Å². The van der Waals surface area contributed by atoms with Gasteiger partial charge in [-0.1, -0.05) is 0 Å². The van der Waals surface area contributed by atoms with E-state index in [1.807, 2.05) is 4.90 Å². The van der Waals surface area contributed by atoms with E-state index in [1.54, 1.807) is 4.90 Å². The third-order valence-electron chi connectivity index (χ3n) is 2.99. The van der Waals surface area contributed by atoms with E-state index in [-0.39, 0.29) is 18.7 Å². The van der Waals surface area contributed by atoms with Crippen LogP contribution in [0.15, 0.2) is 0 Å². The molecule has 2 aliphatic rings. The van der Waals surface area contributed by atoms with Crippen molar-refractivity contribution in [3.8, 4) is 0 Å². The molecule has 0 aromatic heterocycles. The van der Waals surface area contributed by atoms with Gasteiger partial charge >= 0.3 is 6.03 Å². The summed E-state index contributed by atoms with van der Waals surface area (Å²) in [6, 6.07) is 0.106. The van der Waals surface area contributed by atoms with Crippen LogP contribution in [0.1, 0.15) is 12.8 Å². The molecular formula is C10H18N2O3. The number of carbonyl (C=O) groups is 1. The number of carbonyl (C=O) groups excluding carboxylic acids is 1. The Morgan fingerprint density at radius 1 is 1.27 bits per heavy atom. The molecular weight excluding hydrogens is 196 g/mol. The number of hydrogen-bond acceptors (Lipinski definition) is 3. The summed E-state index contributed by atoms with van der Waals surface area (Å²) >= 11 is 0. The van der Waals surface area contributed by atoms with Gasteiger partial charge in [-0.25, -0.2) is 4.79 Å². The van der Waals surface area contributed by atoms with E-state index in [0.717, 1.165) is 25.9 Å². The fourth-order valence-corrected chi connectivity index (χ4v) is 2.11. The highest BCUT2D eigenvalue weighted by atomic mass is 16.5. The molecule has 0 radical (unpaired) electrons. The van der Waals surface area contributed by atoms with Crippen molar-refractivity contribution in [2.24, 2.45) is 0 Å². The highest BCUT2D eigenvalue weighted by Crippen LogP contribution is 2.13. The molecule has 1 unspecified atom stereocenters. The van der Waals surface area contributed by atoms with Crippen LogP contribution < -0.4 is 0 Å². The first-order chi connectivity index (χ1) is 7.31. The van der Waals surface area contributed by atoms with Gasteiger partial charge in [0.1, 0.15) is 0 Å². The average Bonchev–Trinajstić information content (AvgIpc) is 2.81. The lowest BCUT2D eigenvalue weighted by molar-refractivity contribution is -0.0433. The summed E-state index contributed by atoms with van der Waals surface area (Å²) in [6.45, 7) is 3.44. The molecule has 0 aromatic carbocycles. The predicted octanol–water partition coefficient (Wildman–Crippen LogP) is -0.105. The Morgan fingerprint density at radius 2 is 2.00 bits per heavy atom. The SMILES string of the molecule is O=C(N1CCCC1)N1CCOC(CO)C1. The predicted molar refractivity (Wildman–Crippen MR) is 54.6 cm³/mol. The minimum absolute atomic E-state index is 0.0101. The fourth-order valence-electron chi connectivity index (χ4n) is 2.11. The summed E-state index contributed by atoms with van der Waals surface area (Å²) in [5.41, 5.74) is 0. The third-order valence-corrected chi connectivity index (χ3v) is 2.99. The number of likely N-dealkylation sites (tertiary alicyclic amines) is 1. The third kappa shape index (κ3) is 2.41. The molecule has 2 fully saturated rings. The first-order valence-corrected chi connectivity index (χ1v) is 5.57. The lowest BCUT2D eigenvalue weighted by atomic mass is 10.3. The van der Waals surface area contributed by atoms with Crippen molar-refractivity contribution in [1.29, 1.82) is 0 Å². The molecule has 2 aliphatic heterocycles. The maximum Gasteiger partial charge on any atom is 0.320 e. The van der Waals surface area contributed by atoms with E-state index >= 15 is 0 Å². The molecule has 0 bridgehead atoms.